The zero-order valence-electron chi connectivity index (χ0n) is 17.2. The van der Waals surface area contributed by atoms with Crippen LogP contribution >= 0.6 is 23.2 Å². The number of nitrogens with zero attached hydrogens (tertiary/aromatic N) is 3. The summed E-state index contributed by atoms with van der Waals surface area (Å²) in [6, 6.07) is 14.7. The van der Waals surface area contributed by atoms with E-state index in [0.29, 0.717) is 15.6 Å². The molecule has 0 aliphatic rings. The third-order valence-electron chi connectivity index (χ3n) is 4.86. The number of anilines is 1. The summed E-state index contributed by atoms with van der Waals surface area (Å²) in [6.07, 6.45) is -4.70. The summed E-state index contributed by atoms with van der Waals surface area (Å²) >= 11 is 12.0. The summed E-state index contributed by atoms with van der Waals surface area (Å²) in [5.41, 5.74) is -0.813. The quantitative estimate of drug-likeness (QED) is 0.272. The van der Waals surface area contributed by atoms with Gasteiger partial charge in [-0.25, -0.2) is 4.98 Å². The maximum Gasteiger partial charge on any atom is 0.433 e. The minimum absolute atomic E-state index is 0.00694. The van der Waals surface area contributed by atoms with Gasteiger partial charge in [-0.3, -0.25) is 4.79 Å². The number of amides is 1. The Bertz CT molecular complexity index is 1580. The van der Waals surface area contributed by atoms with Gasteiger partial charge in [0.05, 0.1) is 5.39 Å². The van der Waals surface area contributed by atoms with Crippen molar-refractivity contribution in [2.45, 2.75) is 6.18 Å². The third-order valence-corrected chi connectivity index (χ3v) is 5.33. The van der Waals surface area contributed by atoms with Gasteiger partial charge in [0.15, 0.2) is 0 Å². The van der Waals surface area contributed by atoms with E-state index < -0.39 is 17.8 Å². The van der Waals surface area contributed by atoms with E-state index in [1.165, 1.54) is 12.1 Å². The lowest BCUT2D eigenvalue weighted by Gasteiger charge is -2.06. The van der Waals surface area contributed by atoms with Crippen molar-refractivity contribution in [3.8, 4) is 23.1 Å². The highest BCUT2D eigenvalue weighted by atomic mass is 35.5. The Hall–Kier alpha value is -3.89. The second kappa shape index (κ2) is 8.71. The molecule has 0 saturated carbocycles. The molecule has 5 rings (SSSR count). The molecular formula is C23H11Cl2F3N4O3. The third kappa shape index (κ3) is 4.58. The van der Waals surface area contributed by atoms with Gasteiger partial charge >= 0.3 is 6.18 Å². The molecule has 0 saturated heterocycles. The molecule has 7 nitrogen and oxygen atoms in total. The first kappa shape index (κ1) is 22.9. The lowest BCUT2D eigenvalue weighted by atomic mass is 10.2. The summed E-state index contributed by atoms with van der Waals surface area (Å²) in [5.74, 6) is -0.860. The lowest BCUT2D eigenvalue weighted by molar-refractivity contribution is -0.141. The van der Waals surface area contributed by atoms with Gasteiger partial charge in [0, 0.05) is 21.2 Å². The Balaban J connectivity index is 1.62. The number of benzene rings is 2. The maximum atomic E-state index is 13.2. The predicted molar refractivity (Wildman–Crippen MR) is 122 cm³/mol. The van der Waals surface area contributed by atoms with E-state index in [2.05, 4.69) is 20.5 Å². The second-order valence-corrected chi connectivity index (χ2v) is 8.11. The van der Waals surface area contributed by atoms with E-state index in [1.54, 1.807) is 36.4 Å². The molecule has 3 aromatic heterocycles. The largest absolute Gasteiger partial charge is 0.433 e. The summed E-state index contributed by atoms with van der Waals surface area (Å²) in [6.45, 7) is 0. The molecule has 12 heteroatoms. The average molecular weight is 519 g/mol. The van der Waals surface area contributed by atoms with Gasteiger partial charge in [-0.2, -0.15) is 13.2 Å². The van der Waals surface area contributed by atoms with Gasteiger partial charge < -0.3 is 14.2 Å². The van der Waals surface area contributed by atoms with Crippen molar-refractivity contribution in [3.05, 3.63) is 82.0 Å². The van der Waals surface area contributed by atoms with Crippen LogP contribution in [0.25, 0.3) is 34.2 Å². The van der Waals surface area contributed by atoms with Crippen molar-refractivity contribution in [1.29, 1.82) is 0 Å². The van der Waals surface area contributed by atoms with Gasteiger partial charge in [-0.15, -0.1) is 10.2 Å². The number of aromatic nitrogens is 3. The maximum absolute atomic E-state index is 13.2. The van der Waals surface area contributed by atoms with Crippen molar-refractivity contribution >= 4 is 45.9 Å². The van der Waals surface area contributed by atoms with Crippen molar-refractivity contribution in [3.63, 3.8) is 0 Å². The number of carbonyl (C=O) groups is 1. The molecular weight excluding hydrogens is 508 g/mol. The first-order valence-electron chi connectivity index (χ1n) is 9.86. The van der Waals surface area contributed by atoms with E-state index in [1.807, 2.05) is 0 Å². The van der Waals surface area contributed by atoms with Crippen LogP contribution in [0.3, 0.4) is 0 Å². The fourth-order valence-electron chi connectivity index (χ4n) is 3.28. The molecule has 3 heterocycles. The molecule has 0 aliphatic heterocycles. The molecule has 0 radical (unpaired) electrons. The number of rotatable bonds is 4. The molecule has 0 atom stereocenters. The number of alkyl halides is 3. The number of fused-ring (bicyclic) bond motifs is 1. The highest BCUT2D eigenvalue weighted by Gasteiger charge is 2.34. The molecule has 0 bridgehead atoms. The van der Waals surface area contributed by atoms with E-state index >= 15 is 0 Å². The number of nitrogens with one attached hydrogen (secondary N) is 1. The molecule has 35 heavy (non-hydrogen) atoms. The second-order valence-electron chi connectivity index (χ2n) is 7.24. The molecule has 0 aliphatic carbocycles. The zero-order valence-corrected chi connectivity index (χ0v) is 18.7. The summed E-state index contributed by atoms with van der Waals surface area (Å²) in [4.78, 5) is 16.4. The zero-order chi connectivity index (χ0) is 24.7. The molecule has 0 unspecified atom stereocenters. The normalized spacial score (nSPS) is 11.7. The molecule has 0 spiro atoms. The Labute approximate surface area is 204 Å². The fraction of sp³-hybridized carbons (Fsp3) is 0.0435. The lowest BCUT2D eigenvalue weighted by Crippen LogP contribution is -2.12. The van der Waals surface area contributed by atoms with E-state index in [0.717, 1.165) is 12.1 Å². The topological polar surface area (TPSA) is 94.1 Å². The van der Waals surface area contributed by atoms with Gasteiger partial charge in [0.2, 0.25) is 17.4 Å². The standard InChI is InChI=1S/C23H11Cl2F3N4O3/c24-13-5-1-3-11(9-13)19(33)30-17-15-7-8-16(23(26,27)28)29-21(15)34-18(17)22-32-31-20(35-22)12-4-2-6-14(25)10-12/h1-10H,(H,30,33). The predicted octanol–water partition coefficient (Wildman–Crippen LogP) is 7.12. The SMILES string of the molecule is O=C(Nc1c(-c2nnc(-c3cccc(Cl)c3)o2)oc2nc(C(F)(F)F)ccc12)c1cccc(Cl)c1. The van der Waals surface area contributed by atoms with Crippen LogP contribution in [-0.2, 0) is 6.18 Å². The van der Waals surface area contributed by atoms with E-state index in [-0.39, 0.29) is 39.9 Å². The number of hydrogen-bond acceptors (Lipinski definition) is 6. The Morgan fingerprint density at radius 3 is 2.31 bits per heavy atom. The molecule has 1 N–H and O–H groups in total. The van der Waals surface area contributed by atoms with Crippen LogP contribution in [0.4, 0.5) is 18.9 Å². The van der Waals surface area contributed by atoms with Gasteiger partial charge in [-0.1, -0.05) is 35.3 Å². The Kier molecular flexibility index (Phi) is 5.70. The van der Waals surface area contributed by atoms with Crippen LogP contribution in [0, 0.1) is 0 Å². The van der Waals surface area contributed by atoms with Crippen LogP contribution in [-0.4, -0.2) is 21.1 Å². The highest BCUT2D eigenvalue weighted by Crippen LogP contribution is 2.39. The molecule has 176 valence electrons. The van der Waals surface area contributed by atoms with Crippen LogP contribution in [0.5, 0.6) is 0 Å². The number of carbonyl (C=O) groups excluding carboxylic acids is 1. The smallest absolute Gasteiger partial charge is 0.430 e. The monoisotopic (exact) mass is 518 g/mol. The molecule has 0 fully saturated rings. The fourth-order valence-corrected chi connectivity index (χ4v) is 3.66. The van der Waals surface area contributed by atoms with Crippen molar-refractivity contribution in [1.82, 2.24) is 15.2 Å². The van der Waals surface area contributed by atoms with Crippen LogP contribution in [0.2, 0.25) is 10.0 Å². The number of furan rings is 1. The minimum atomic E-state index is -4.70. The van der Waals surface area contributed by atoms with Crippen LogP contribution in [0.1, 0.15) is 16.1 Å². The van der Waals surface area contributed by atoms with E-state index in [4.69, 9.17) is 32.0 Å². The molecule has 1 amide bonds. The van der Waals surface area contributed by atoms with Crippen molar-refractivity contribution in [2.24, 2.45) is 0 Å². The average Bonchev–Trinajstić information content (AvgIpc) is 3.43. The van der Waals surface area contributed by atoms with Gasteiger partial charge in [0.1, 0.15) is 11.4 Å². The van der Waals surface area contributed by atoms with Crippen molar-refractivity contribution in [2.75, 3.05) is 5.32 Å². The van der Waals surface area contributed by atoms with Crippen LogP contribution < -0.4 is 5.32 Å². The van der Waals surface area contributed by atoms with Crippen molar-refractivity contribution < 1.29 is 26.8 Å². The molecule has 2 aromatic carbocycles. The van der Waals surface area contributed by atoms with Gasteiger partial charge in [-0.05, 0) is 48.5 Å². The number of halogens is 5. The summed E-state index contributed by atoms with van der Waals surface area (Å²) in [5, 5.41) is 11.4. The Morgan fingerprint density at radius 2 is 1.60 bits per heavy atom. The number of hydrogen-bond donors (Lipinski definition) is 1. The first-order valence-corrected chi connectivity index (χ1v) is 10.6. The van der Waals surface area contributed by atoms with E-state index in [9.17, 15) is 18.0 Å². The summed E-state index contributed by atoms with van der Waals surface area (Å²) in [7, 11) is 0. The summed E-state index contributed by atoms with van der Waals surface area (Å²) < 4.78 is 50.9. The number of pyridine rings is 1. The minimum Gasteiger partial charge on any atom is -0.430 e. The van der Waals surface area contributed by atoms with Gasteiger partial charge in [0.25, 0.3) is 11.8 Å². The Morgan fingerprint density at radius 1 is 0.886 bits per heavy atom. The first-order chi connectivity index (χ1) is 16.7. The van der Waals surface area contributed by atoms with Crippen LogP contribution in [0.15, 0.2) is 69.5 Å². The highest BCUT2D eigenvalue weighted by molar-refractivity contribution is 6.31. The molecule has 5 aromatic rings.